The van der Waals surface area contributed by atoms with Gasteiger partial charge in [-0.2, -0.15) is 0 Å². The number of rotatable bonds is 3. The molecule has 21 heavy (non-hydrogen) atoms. The molecule has 0 unspecified atom stereocenters. The number of esters is 1. The Morgan fingerprint density at radius 2 is 1.57 bits per heavy atom. The van der Waals surface area contributed by atoms with Crippen LogP contribution in [-0.4, -0.2) is 17.6 Å². The second kappa shape index (κ2) is 5.67. The zero-order valence-electron chi connectivity index (χ0n) is 11.7. The molecule has 1 aromatic heterocycles. The summed E-state index contributed by atoms with van der Waals surface area (Å²) in [5.74, 6) is -0.332. The molecule has 3 aromatic rings. The fourth-order valence-corrected chi connectivity index (χ4v) is 2.33. The predicted molar refractivity (Wildman–Crippen MR) is 82.5 cm³/mol. The van der Waals surface area contributed by atoms with Crippen molar-refractivity contribution >= 4 is 5.97 Å². The first kappa shape index (κ1) is 13.2. The summed E-state index contributed by atoms with van der Waals surface area (Å²) >= 11 is 0. The standard InChI is InChI=1S/C18H15NO2/c1-21-18(20)15-12-17(14-8-4-2-5-9-14)19(13-15)16-10-6-3-7-11-16/h2-13H,1H3. The molecule has 0 spiro atoms. The van der Waals surface area contributed by atoms with Crippen LogP contribution in [0.15, 0.2) is 72.9 Å². The van der Waals surface area contributed by atoms with E-state index in [4.69, 9.17) is 4.74 Å². The van der Waals surface area contributed by atoms with Crippen LogP contribution in [0.1, 0.15) is 10.4 Å². The first-order valence-corrected chi connectivity index (χ1v) is 6.71. The summed E-state index contributed by atoms with van der Waals surface area (Å²) < 4.78 is 6.83. The normalized spacial score (nSPS) is 10.3. The summed E-state index contributed by atoms with van der Waals surface area (Å²) in [6, 6.07) is 21.8. The van der Waals surface area contributed by atoms with Crippen LogP contribution in [0.3, 0.4) is 0 Å². The van der Waals surface area contributed by atoms with Crippen LogP contribution >= 0.6 is 0 Å². The van der Waals surface area contributed by atoms with Gasteiger partial charge in [-0.05, 0) is 23.8 Å². The zero-order chi connectivity index (χ0) is 14.7. The van der Waals surface area contributed by atoms with Crippen molar-refractivity contribution in [1.82, 2.24) is 4.57 Å². The SMILES string of the molecule is COC(=O)c1cc(-c2ccccc2)n(-c2ccccc2)c1. The van der Waals surface area contributed by atoms with Crippen molar-refractivity contribution in [3.05, 3.63) is 78.5 Å². The van der Waals surface area contributed by atoms with Gasteiger partial charge in [0.25, 0.3) is 0 Å². The average Bonchev–Trinajstić information content (AvgIpc) is 3.01. The van der Waals surface area contributed by atoms with Crippen molar-refractivity contribution in [2.75, 3.05) is 7.11 Å². The maximum absolute atomic E-state index is 11.8. The van der Waals surface area contributed by atoms with Gasteiger partial charge in [0.2, 0.25) is 0 Å². The lowest BCUT2D eigenvalue weighted by Gasteiger charge is -2.08. The summed E-state index contributed by atoms with van der Waals surface area (Å²) in [6.07, 6.45) is 1.81. The zero-order valence-corrected chi connectivity index (χ0v) is 11.7. The third-order valence-electron chi connectivity index (χ3n) is 3.34. The van der Waals surface area contributed by atoms with E-state index in [1.54, 1.807) is 0 Å². The lowest BCUT2D eigenvalue weighted by Crippen LogP contribution is -1.99. The minimum absolute atomic E-state index is 0.332. The van der Waals surface area contributed by atoms with Crippen LogP contribution < -0.4 is 0 Å². The summed E-state index contributed by atoms with van der Waals surface area (Å²) in [5, 5.41) is 0. The number of benzene rings is 2. The highest BCUT2D eigenvalue weighted by molar-refractivity contribution is 5.91. The Balaban J connectivity index is 2.18. The van der Waals surface area contributed by atoms with E-state index < -0.39 is 0 Å². The number of ether oxygens (including phenoxy) is 1. The van der Waals surface area contributed by atoms with Crippen molar-refractivity contribution in [3.8, 4) is 16.9 Å². The fourth-order valence-electron chi connectivity index (χ4n) is 2.33. The van der Waals surface area contributed by atoms with E-state index in [9.17, 15) is 4.79 Å². The van der Waals surface area contributed by atoms with Gasteiger partial charge in [-0.15, -0.1) is 0 Å². The Kier molecular flexibility index (Phi) is 3.56. The molecule has 0 atom stereocenters. The number of hydrogen-bond acceptors (Lipinski definition) is 2. The van der Waals surface area contributed by atoms with Gasteiger partial charge in [-0.1, -0.05) is 48.5 Å². The number of methoxy groups -OCH3 is 1. The van der Waals surface area contributed by atoms with Gasteiger partial charge in [-0.25, -0.2) is 4.79 Å². The van der Waals surface area contributed by atoms with Crippen molar-refractivity contribution in [2.45, 2.75) is 0 Å². The average molecular weight is 277 g/mol. The summed E-state index contributed by atoms with van der Waals surface area (Å²) in [7, 11) is 1.39. The van der Waals surface area contributed by atoms with Crippen LogP contribution in [0.25, 0.3) is 16.9 Å². The Morgan fingerprint density at radius 3 is 2.19 bits per heavy atom. The first-order chi connectivity index (χ1) is 10.3. The molecule has 3 nitrogen and oxygen atoms in total. The summed E-state index contributed by atoms with van der Waals surface area (Å²) in [4.78, 5) is 11.8. The lowest BCUT2D eigenvalue weighted by atomic mass is 10.1. The third-order valence-corrected chi connectivity index (χ3v) is 3.34. The van der Waals surface area contributed by atoms with Crippen LogP contribution in [0, 0.1) is 0 Å². The maximum Gasteiger partial charge on any atom is 0.339 e. The summed E-state index contributed by atoms with van der Waals surface area (Å²) in [6.45, 7) is 0. The van der Waals surface area contributed by atoms with Gasteiger partial charge in [0.1, 0.15) is 0 Å². The fraction of sp³-hybridized carbons (Fsp3) is 0.0556. The van der Waals surface area contributed by atoms with Crippen LogP contribution in [0.2, 0.25) is 0 Å². The molecule has 0 fully saturated rings. The Bertz CT molecular complexity index is 688. The Hall–Kier alpha value is -2.81. The quantitative estimate of drug-likeness (QED) is 0.679. The summed E-state index contributed by atoms with van der Waals surface area (Å²) in [5.41, 5.74) is 3.56. The molecule has 2 aromatic carbocycles. The molecule has 0 bridgehead atoms. The minimum atomic E-state index is -0.332. The van der Waals surface area contributed by atoms with E-state index in [1.165, 1.54) is 7.11 Å². The van der Waals surface area contributed by atoms with E-state index in [1.807, 2.05) is 77.5 Å². The highest BCUT2D eigenvalue weighted by Gasteiger charge is 2.14. The van der Waals surface area contributed by atoms with Crippen molar-refractivity contribution < 1.29 is 9.53 Å². The van der Waals surface area contributed by atoms with Gasteiger partial charge in [0.15, 0.2) is 0 Å². The van der Waals surface area contributed by atoms with Gasteiger partial charge in [0, 0.05) is 11.9 Å². The molecule has 3 heteroatoms. The molecule has 0 amide bonds. The monoisotopic (exact) mass is 277 g/mol. The molecule has 0 saturated carbocycles. The molecular weight excluding hydrogens is 262 g/mol. The lowest BCUT2D eigenvalue weighted by molar-refractivity contribution is 0.0601. The predicted octanol–water partition coefficient (Wildman–Crippen LogP) is 3.93. The molecule has 0 aliphatic carbocycles. The number of aromatic nitrogens is 1. The molecule has 0 radical (unpaired) electrons. The minimum Gasteiger partial charge on any atom is -0.465 e. The molecule has 0 N–H and O–H groups in total. The van der Waals surface area contributed by atoms with E-state index in [0.717, 1.165) is 16.9 Å². The van der Waals surface area contributed by atoms with E-state index >= 15 is 0 Å². The number of carbonyl (C=O) groups is 1. The number of carbonyl (C=O) groups excluding carboxylic acids is 1. The van der Waals surface area contributed by atoms with E-state index in [0.29, 0.717) is 5.56 Å². The smallest absolute Gasteiger partial charge is 0.339 e. The van der Waals surface area contributed by atoms with Crippen molar-refractivity contribution in [3.63, 3.8) is 0 Å². The topological polar surface area (TPSA) is 31.2 Å². The van der Waals surface area contributed by atoms with Crippen molar-refractivity contribution in [2.24, 2.45) is 0 Å². The van der Waals surface area contributed by atoms with Gasteiger partial charge >= 0.3 is 5.97 Å². The Labute approximate surface area is 123 Å². The molecule has 0 aliphatic rings. The van der Waals surface area contributed by atoms with E-state index in [-0.39, 0.29) is 5.97 Å². The first-order valence-electron chi connectivity index (χ1n) is 6.71. The molecular formula is C18H15NO2. The van der Waals surface area contributed by atoms with Crippen LogP contribution in [-0.2, 0) is 4.74 Å². The van der Waals surface area contributed by atoms with Gasteiger partial charge in [0.05, 0.1) is 18.4 Å². The maximum atomic E-state index is 11.8. The van der Waals surface area contributed by atoms with E-state index in [2.05, 4.69) is 0 Å². The van der Waals surface area contributed by atoms with Crippen molar-refractivity contribution in [1.29, 1.82) is 0 Å². The third kappa shape index (κ3) is 2.58. The highest BCUT2D eigenvalue weighted by atomic mass is 16.5. The number of para-hydroxylation sites is 1. The van der Waals surface area contributed by atoms with Crippen LogP contribution in [0.5, 0.6) is 0 Å². The second-order valence-electron chi connectivity index (χ2n) is 4.68. The molecule has 0 aliphatic heterocycles. The Morgan fingerprint density at radius 1 is 0.952 bits per heavy atom. The largest absolute Gasteiger partial charge is 0.465 e. The number of hydrogen-bond donors (Lipinski definition) is 0. The number of nitrogens with zero attached hydrogens (tertiary/aromatic N) is 1. The molecule has 104 valence electrons. The molecule has 1 heterocycles. The van der Waals surface area contributed by atoms with Gasteiger partial charge < -0.3 is 9.30 Å². The second-order valence-corrected chi connectivity index (χ2v) is 4.68. The molecule has 3 rings (SSSR count). The van der Waals surface area contributed by atoms with Gasteiger partial charge in [-0.3, -0.25) is 0 Å². The molecule has 0 saturated heterocycles. The van der Waals surface area contributed by atoms with Crippen LogP contribution in [0.4, 0.5) is 0 Å². The highest BCUT2D eigenvalue weighted by Crippen LogP contribution is 2.26.